The fraction of sp³-hybridized carbons (Fsp3) is 0.556. The second-order valence-corrected chi connectivity index (χ2v) is 2.84. The number of amides is 1. The topological polar surface area (TPSA) is 64.4 Å². The molecule has 0 aliphatic rings. The Kier molecular flexibility index (Phi) is 3.97. The Labute approximate surface area is 82.4 Å². The second-order valence-electron chi connectivity index (χ2n) is 2.84. The fourth-order valence-corrected chi connectivity index (χ4v) is 0.931. The Morgan fingerprint density at radius 1 is 1.71 bits per heavy atom. The van der Waals surface area contributed by atoms with E-state index in [1.165, 1.54) is 13.2 Å². The van der Waals surface area contributed by atoms with E-state index in [1.807, 2.05) is 0 Å². The van der Waals surface area contributed by atoms with Crippen LogP contribution in [-0.2, 0) is 0 Å². The van der Waals surface area contributed by atoms with Gasteiger partial charge in [0.15, 0.2) is 5.69 Å². The molecule has 1 N–H and O–H groups in total. The third-order valence-electron chi connectivity index (χ3n) is 1.74. The Bertz CT molecular complexity index is 296. The Hall–Kier alpha value is -1.52. The van der Waals surface area contributed by atoms with E-state index in [0.29, 0.717) is 6.54 Å². The van der Waals surface area contributed by atoms with E-state index < -0.39 is 0 Å². The lowest BCUT2D eigenvalue weighted by molar-refractivity contribution is 0.0944. The maximum absolute atomic E-state index is 11.4. The first-order valence-electron chi connectivity index (χ1n) is 4.56. The summed E-state index contributed by atoms with van der Waals surface area (Å²) < 4.78 is 9.47. The van der Waals surface area contributed by atoms with Gasteiger partial charge >= 0.3 is 5.95 Å². The number of hydrogen-bond acceptors (Lipinski definition) is 4. The minimum atomic E-state index is -0.231. The van der Waals surface area contributed by atoms with Gasteiger partial charge in [-0.3, -0.25) is 4.79 Å². The summed E-state index contributed by atoms with van der Waals surface area (Å²) in [6, 6.07) is 1.46. The highest BCUT2D eigenvalue weighted by Crippen LogP contribution is 2.10. The lowest BCUT2D eigenvalue weighted by Gasteiger charge is -1.99. The fourth-order valence-electron chi connectivity index (χ4n) is 0.931. The second kappa shape index (κ2) is 5.26. The van der Waals surface area contributed by atoms with Crippen LogP contribution < -0.4 is 10.1 Å². The maximum atomic E-state index is 11.4. The van der Waals surface area contributed by atoms with Crippen molar-refractivity contribution in [3.8, 4) is 5.95 Å². The molecule has 1 heterocycles. The van der Waals surface area contributed by atoms with Crippen molar-refractivity contribution in [1.82, 2.24) is 10.5 Å². The number of nitrogens with zero attached hydrogens (tertiary/aromatic N) is 1. The first kappa shape index (κ1) is 10.6. The molecule has 0 unspecified atom stereocenters. The molecule has 0 saturated heterocycles. The van der Waals surface area contributed by atoms with Gasteiger partial charge in [0.05, 0.1) is 13.2 Å². The highest BCUT2D eigenvalue weighted by atomic mass is 16.6. The molecule has 1 aromatic rings. The molecule has 1 aromatic heterocycles. The van der Waals surface area contributed by atoms with Crippen LogP contribution in [0.4, 0.5) is 0 Å². The molecule has 0 aliphatic carbocycles. The molecule has 0 atom stereocenters. The van der Waals surface area contributed by atoms with Gasteiger partial charge in [-0.1, -0.05) is 18.5 Å². The van der Waals surface area contributed by atoms with E-state index in [4.69, 9.17) is 9.26 Å². The summed E-state index contributed by atoms with van der Waals surface area (Å²) in [5.74, 6) is 0.0103. The number of methoxy groups -OCH3 is 1. The quantitative estimate of drug-likeness (QED) is 0.722. The smallest absolute Gasteiger partial charge is 0.311 e. The van der Waals surface area contributed by atoms with Gasteiger partial charge in [-0.15, -0.1) is 0 Å². The van der Waals surface area contributed by atoms with E-state index in [2.05, 4.69) is 17.4 Å². The number of nitrogens with one attached hydrogen (secondary N) is 1. The zero-order valence-corrected chi connectivity index (χ0v) is 8.37. The van der Waals surface area contributed by atoms with Crippen LogP contribution in [0.2, 0.25) is 0 Å². The van der Waals surface area contributed by atoms with Crippen LogP contribution in [0, 0.1) is 0 Å². The molecule has 1 amide bonds. The molecule has 5 nitrogen and oxygen atoms in total. The number of carbonyl (C=O) groups is 1. The van der Waals surface area contributed by atoms with Crippen molar-refractivity contribution in [2.75, 3.05) is 13.7 Å². The van der Waals surface area contributed by atoms with Gasteiger partial charge in [0.25, 0.3) is 5.91 Å². The van der Waals surface area contributed by atoms with Crippen molar-refractivity contribution >= 4 is 5.91 Å². The summed E-state index contributed by atoms with van der Waals surface area (Å²) in [7, 11) is 1.46. The first-order valence-corrected chi connectivity index (χ1v) is 4.56. The van der Waals surface area contributed by atoms with Crippen LogP contribution >= 0.6 is 0 Å². The van der Waals surface area contributed by atoms with Gasteiger partial charge in [-0.05, 0) is 6.42 Å². The van der Waals surface area contributed by atoms with Gasteiger partial charge in [-0.25, -0.2) is 0 Å². The minimum Gasteiger partial charge on any atom is -0.467 e. The third kappa shape index (κ3) is 2.76. The number of hydrogen-bond donors (Lipinski definition) is 1. The molecule has 0 bridgehead atoms. The predicted molar refractivity (Wildman–Crippen MR) is 50.3 cm³/mol. The monoisotopic (exact) mass is 198 g/mol. The van der Waals surface area contributed by atoms with E-state index >= 15 is 0 Å². The molecule has 0 aromatic carbocycles. The van der Waals surface area contributed by atoms with Crippen LogP contribution in [0.1, 0.15) is 30.3 Å². The molecule has 78 valence electrons. The van der Waals surface area contributed by atoms with E-state index in [9.17, 15) is 4.79 Å². The molecule has 14 heavy (non-hydrogen) atoms. The van der Waals surface area contributed by atoms with Gasteiger partial charge in [-0.2, -0.15) is 0 Å². The van der Waals surface area contributed by atoms with E-state index in [1.54, 1.807) is 0 Å². The zero-order valence-electron chi connectivity index (χ0n) is 8.37. The summed E-state index contributed by atoms with van der Waals surface area (Å²) in [6.07, 6.45) is 2.00. The van der Waals surface area contributed by atoms with Crippen LogP contribution in [0.5, 0.6) is 5.95 Å². The largest absolute Gasteiger partial charge is 0.467 e. The van der Waals surface area contributed by atoms with Crippen molar-refractivity contribution in [3.63, 3.8) is 0 Å². The van der Waals surface area contributed by atoms with Crippen molar-refractivity contribution in [3.05, 3.63) is 11.8 Å². The number of rotatable bonds is 5. The molecule has 5 heteroatoms. The normalized spacial score (nSPS) is 9.86. The molecule has 0 radical (unpaired) electrons. The van der Waals surface area contributed by atoms with E-state index in [0.717, 1.165) is 12.8 Å². The standard InChI is InChI=1S/C9H14N2O3/c1-3-4-5-10-9(12)7-6-8(13-2)14-11-7/h6H,3-5H2,1-2H3,(H,10,12). The van der Waals surface area contributed by atoms with Crippen LogP contribution in [0.3, 0.4) is 0 Å². The first-order chi connectivity index (χ1) is 6.77. The van der Waals surface area contributed by atoms with Crippen molar-refractivity contribution in [2.45, 2.75) is 19.8 Å². The Balaban J connectivity index is 2.44. The van der Waals surface area contributed by atoms with E-state index in [-0.39, 0.29) is 17.5 Å². The van der Waals surface area contributed by atoms with Crippen molar-refractivity contribution in [1.29, 1.82) is 0 Å². The van der Waals surface area contributed by atoms with Gasteiger partial charge in [0.1, 0.15) is 0 Å². The van der Waals surface area contributed by atoms with Gasteiger partial charge < -0.3 is 14.6 Å². The zero-order chi connectivity index (χ0) is 10.4. The Morgan fingerprint density at radius 2 is 2.50 bits per heavy atom. The summed E-state index contributed by atoms with van der Waals surface area (Å²) in [5, 5.41) is 6.27. The molecule has 0 spiro atoms. The molecular weight excluding hydrogens is 184 g/mol. The lowest BCUT2D eigenvalue weighted by Crippen LogP contribution is -2.24. The van der Waals surface area contributed by atoms with Crippen molar-refractivity contribution < 1.29 is 14.1 Å². The average molecular weight is 198 g/mol. The third-order valence-corrected chi connectivity index (χ3v) is 1.74. The minimum absolute atomic E-state index is 0.231. The SMILES string of the molecule is CCCCNC(=O)c1cc(OC)on1. The molecular formula is C9H14N2O3. The summed E-state index contributed by atoms with van der Waals surface area (Å²) in [4.78, 5) is 11.4. The molecule has 0 fully saturated rings. The lowest BCUT2D eigenvalue weighted by atomic mass is 10.3. The Morgan fingerprint density at radius 3 is 3.07 bits per heavy atom. The predicted octanol–water partition coefficient (Wildman–Crippen LogP) is 1.21. The maximum Gasteiger partial charge on any atom is 0.311 e. The number of unbranched alkanes of at least 4 members (excludes halogenated alkanes) is 1. The highest BCUT2D eigenvalue weighted by molar-refractivity contribution is 5.92. The number of carbonyl (C=O) groups excluding carboxylic acids is 1. The van der Waals surface area contributed by atoms with Crippen LogP contribution in [0.15, 0.2) is 10.6 Å². The summed E-state index contributed by atoms with van der Waals surface area (Å²) in [6.45, 7) is 2.72. The number of ether oxygens (including phenoxy) is 1. The summed E-state index contributed by atoms with van der Waals surface area (Å²) in [5.41, 5.74) is 0.248. The number of aromatic nitrogens is 1. The molecule has 1 rings (SSSR count). The van der Waals surface area contributed by atoms with Crippen LogP contribution in [0.25, 0.3) is 0 Å². The van der Waals surface area contributed by atoms with Crippen LogP contribution in [-0.4, -0.2) is 24.7 Å². The van der Waals surface area contributed by atoms with Gasteiger partial charge in [0, 0.05) is 6.54 Å². The average Bonchev–Trinajstić information content (AvgIpc) is 2.66. The van der Waals surface area contributed by atoms with Crippen molar-refractivity contribution in [2.24, 2.45) is 0 Å². The van der Waals surface area contributed by atoms with Gasteiger partial charge in [0.2, 0.25) is 0 Å². The molecule has 0 saturated carbocycles. The molecule has 0 aliphatic heterocycles. The summed E-state index contributed by atoms with van der Waals surface area (Å²) >= 11 is 0. The highest BCUT2D eigenvalue weighted by Gasteiger charge is 2.11.